The second-order valence-electron chi connectivity index (χ2n) is 5.85. The average Bonchev–Trinajstić information content (AvgIpc) is 3.02. The van der Waals surface area contributed by atoms with Crippen molar-refractivity contribution in [2.75, 3.05) is 26.2 Å². The fourth-order valence-electron chi connectivity index (χ4n) is 2.84. The molecule has 0 spiro atoms. The van der Waals surface area contributed by atoms with Crippen LogP contribution in [0.3, 0.4) is 0 Å². The Labute approximate surface area is 101 Å². The van der Waals surface area contributed by atoms with Gasteiger partial charge in [-0.25, -0.2) is 0 Å². The van der Waals surface area contributed by atoms with E-state index in [2.05, 4.69) is 24.1 Å². The van der Waals surface area contributed by atoms with Gasteiger partial charge in [-0.2, -0.15) is 0 Å². The summed E-state index contributed by atoms with van der Waals surface area (Å²) in [6, 6.07) is 0.857. The van der Waals surface area contributed by atoms with Gasteiger partial charge in [-0.1, -0.05) is 13.8 Å². The summed E-state index contributed by atoms with van der Waals surface area (Å²) in [5.74, 6) is 0. The van der Waals surface area contributed by atoms with E-state index in [9.17, 15) is 0 Å². The van der Waals surface area contributed by atoms with Crippen LogP contribution in [0, 0.1) is 5.41 Å². The van der Waals surface area contributed by atoms with Crippen molar-refractivity contribution in [1.29, 1.82) is 0 Å². The molecule has 2 heteroatoms. The molecule has 16 heavy (non-hydrogen) atoms. The lowest BCUT2D eigenvalue weighted by atomic mass is 9.81. The third-order valence-corrected chi connectivity index (χ3v) is 4.60. The fraction of sp³-hybridized carbons (Fsp3) is 1.00. The first-order valence-electron chi connectivity index (χ1n) is 7.24. The summed E-state index contributed by atoms with van der Waals surface area (Å²) in [6.07, 6.45) is 8.29. The Kier molecular flexibility index (Phi) is 4.26. The van der Waals surface area contributed by atoms with Crippen molar-refractivity contribution in [2.24, 2.45) is 5.41 Å². The van der Waals surface area contributed by atoms with Gasteiger partial charge in [-0.05, 0) is 57.0 Å². The van der Waals surface area contributed by atoms with E-state index in [0.717, 1.165) is 6.04 Å². The normalized spacial score (nSPS) is 22.9. The summed E-state index contributed by atoms with van der Waals surface area (Å²) in [4.78, 5) is 2.68. The van der Waals surface area contributed by atoms with Crippen LogP contribution in [-0.2, 0) is 0 Å². The highest BCUT2D eigenvalue weighted by atomic mass is 15.1. The molecule has 0 atom stereocenters. The third kappa shape index (κ3) is 3.21. The summed E-state index contributed by atoms with van der Waals surface area (Å²) >= 11 is 0. The zero-order chi connectivity index (χ0) is 11.4. The van der Waals surface area contributed by atoms with E-state index in [-0.39, 0.29) is 0 Å². The van der Waals surface area contributed by atoms with Crippen LogP contribution in [0.15, 0.2) is 0 Å². The molecule has 0 aromatic rings. The second-order valence-corrected chi connectivity index (χ2v) is 5.85. The molecular formula is C14H28N2. The summed E-state index contributed by atoms with van der Waals surface area (Å²) < 4.78 is 0. The number of hydrogen-bond acceptors (Lipinski definition) is 2. The molecule has 2 fully saturated rings. The van der Waals surface area contributed by atoms with Crippen LogP contribution in [0.5, 0.6) is 0 Å². The maximum atomic E-state index is 3.75. The minimum atomic E-state index is 0.535. The molecule has 1 aliphatic heterocycles. The van der Waals surface area contributed by atoms with Crippen molar-refractivity contribution >= 4 is 0 Å². The lowest BCUT2D eigenvalue weighted by molar-refractivity contribution is 0.154. The van der Waals surface area contributed by atoms with Gasteiger partial charge in [0.25, 0.3) is 0 Å². The van der Waals surface area contributed by atoms with Gasteiger partial charge >= 0.3 is 0 Å². The van der Waals surface area contributed by atoms with Gasteiger partial charge in [0.2, 0.25) is 0 Å². The monoisotopic (exact) mass is 224 g/mol. The number of nitrogens with one attached hydrogen (secondary N) is 1. The highest BCUT2D eigenvalue weighted by molar-refractivity contribution is 4.89. The predicted molar refractivity (Wildman–Crippen MR) is 69.7 cm³/mol. The largest absolute Gasteiger partial charge is 0.313 e. The van der Waals surface area contributed by atoms with Crippen molar-refractivity contribution in [1.82, 2.24) is 10.2 Å². The smallest absolute Gasteiger partial charge is 0.00684 e. The molecule has 1 aliphatic carbocycles. The van der Waals surface area contributed by atoms with Crippen molar-refractivity contribution in [3.8, 4) is 0 Å². The summed E-state index contributed by atoms with van der Waals surface area (Å²) in [5, 5.41) is 3.75. The number of hydrogen-bond donors (Lipinski definition) is 1. The van der Waals surface area contributed by atoms with E-state index >= 15 is 0 Å². The van der Waals surface area contributed by atoms with Gasteiger partial charge in [0.1, 0.15) is 0 Å². The topological polar surface area (TPSA) is 15.3 Å². The van der Waals surface area contributed by atoms with Crippen molar-refractivity contribution in [2.45, 2.75) is 58.4 Å². The SMILES string of the molecule is CCC(CC)(CNC1CC1)CN1CCCC1. The van der Waals surface area contributed by atoms with Gasteiger partial charge in [-0.15, -0.1) is 0 Å². The molecule has 1 N–H and O–H groups in total. The Hall–Kier alpha value is -0.0800. The first-order valence-corrected chi connectivity index (χ1v) is 7.24. The molecule has 0 aromatic heterocycles. The van der Waals surface area contributed by atoms with E-state index in [4.69, 9.17) is 0 Å². The molecule has 1 saturated carbocycles. The van der Waals surface area contributed by atoms with Crippen molar-refractivity contribution in [3.05, 3.63) is 0 Å². The number of rotatable bonds is 7. The number of nitrogens with zero attached hydrogens (tertiary/aromatic N) is 1. The third-order valence-electron chi connectivity index (χ3n) is 4.60. The van der Waals surface area contributed by atoms with Crippen LogP contribution in [-0.4, -0.2) is 37.1 Å². The molecule has 0 unspecified atom stereocenters. The Morgan fingerprint density at radius 3 is 2.25 bits per heavy atom. The minimum Gasteiger partial charge on any atom is -0.313 e. The van der Waals surface area contributed by atoms with E-state index in [1.54, 1.807) is 0 Å². The van der Waals surface area contributed by atoms with Crippen LogP contribution in [0.4, 0.5) is 0 Å². The summed E-state index contributed by atoms with van der Waals surface area (Å²) in [5.41, 5.74) is 0.535. The van der Waals surface area contributed by atoms with Gasteiger partial charge < -0.3 is 10.2 Å². The van der Waals surface area contributed by atoms with Crippen LogP contribution < -0.4 is 5.32 Å². The Morgan fingerprint density at radius 1 is 1.12 bits per heavy atom. The van der Waals surface area contributed by atoms with Crippen molar-refractivity contribution in [3.63, 3.8) is 0 Å². The molecule has 2 nitrogen and oxygen atoms in total. The van der Waals surface area contributed by atoms with E-state index in [1.165, 1.54) is 64.7 Å². The van der Waals surface area contributed by atoms with Gasteiger partial charge in [-0.3, -0.25) is 0 Å². The second kappa shape index (κ2) is 5.50. The molecule has 0 aromatic carbocycles. The molecule has 0 radical (unpaired) electrons. The Balaban J connectivity index is 1.83. The minimum absolute atomic E-state index is 0.535. The van der Waals surface area contributed by atoms with Crippen LogP contribution in [0.1, 0.15) is 52.4 Å². The van der Waals surface area contributed by atoms with E-state index < -0.39 is 0 Å². The highest BCUT2D eigenvalue weighted by Crippen LogP contribution is 2.30. The molecule has 0 amide bonds. The first-order chi connectivity index (χ1) is 7.78. The zero-order valence-electron chi connectivity index (χ0n) is 11.1. The maximum Gasteiger partial charge on any atom is 0.00684 e. The van der Waals surface area contributed by atoms with E-state index in [1.807, 2.05) is 0 Å². The molecule has 1 heterocycles. The quantitative estimate of drug-likeness (QED) is 0.715. The molecular weight excluding hydrogens is 196 g/mol. The molecule has 0 bridgehead atoms. The molecule has 2 rings (SSSR count). The highest BCUT2D eigenvalue weighted by Gasteiger charge is 2.32. The lowest BCUT2D eigenvalue weighted by Crippen LogP contribution is -2.43. The molecule has 1 saturated heterocycles. The van der Waals surface area contributed by atoms with Crippen LogP contribution in [0.2, 0.25) is 0 Å². The van der Waals surface area contributed by atoms with E-state index in [0.29, 0.717) is 5.41 Å². The van der Waals surface area contributed by atoms with Gasteiger partial charge in [0.15, 0.2) is 0 Å². The van der Waals surface area contributed by atoms with Crippen LogP contribution in [0.25, 0.3) is 0 Å². The Morgan fingerprint density at radius 2 is 1.75 bits per heavy atom. The zero-order valence-corrected chi connectivity index (χ0v) is 11.1. The Bertz CT molecular complexity index is 201. The summed E-state index contributed by atoms with van der Waals surface area (Å²) in [7, 11) is 0. The van der Waals surface area contributed by atoms with Crippen molar-refractivity contribution < 1.29 is 0 Å². The first kappa shape index (κ1) is 12.4. The van der Waals surface area contributed by atoms with Gasteiger partial charge in [0, 0.05) is 19.1 Å². The maximum absolute atomic E-state index is 3.75. The summed E-state index contributed by atoms with van der Waals surface area (Å²) in [6.45, 7) is 9.97. The fourth-order valence-corrected chi connectivity index (χ4v) is 2.84. The average molecular weight is 224 g/mol. The number of likely N-dealkylation sites (tertiary alicyclic amines) is 1. The lowest BCUT2D eigenvalue weighted by Gasteiger charge is -2.36. The van der Waals surface area contributed by atoms with Gasteiger partial charge in [0.05, 0.1) is 0 Å². The molecule has 2 aliphatic rings. The van der Waals surface area contributed by atoms with Crippen LogP contribution >= 0.6 is 0 Å². The predicted octanol–water partition coefficient (Wildman–Crippen LogP) is 2.64. The standard InChI is InChI=1S/C14H28N2/c1-3-14(4-2,11-15-13-7-8-13)12-16-9-5-6-10-16/h13,15H,3-12H2,1-2H3. The molecule has 94 valence electrons.